The van der Waals surface area contributed by atoms with Gasteiger partial charge in [-0.15, -0.1) is 0 Å². The molecule has 0 aliphatic carbocycles. The van der Waals surface area contributed by atoms with E-state index in [0.717, 1.165) is 10.5 Å². The molecule has 3 atom stereocenters. The van der Waals surface area contributed by atoms with Crippen LogP contribution in [0.1, 0.15) is 65.5 Å². The Kier molecular flexibility index (Phi) is 6.68. The van der Waals surface area contributed by atoms with E-state index in [2.05, 4.69) is 26.1 Å². The Labute approximate surface area is 196 Å². The normalized spacial score (nSPS) is 25.8. The molecule has 0 bridgehead atoms. The highest BCUT2D eigenvalue weighted by Gasteiger charge is 2.50. The Hall–Kier alpha value is -2.42. The molecule has 0 saturated carbocycles. The van der Waals surface area contributed by atoms with Crippen molar-refractivity contribution in [3.8, 4) is 0 Å². The highest BCUT2D eigenvalue weighted by molar-refractivity contribution is 7.91. The predicted molar refractivity (Wildman–Crippen MR) is 126 cm³/mol. The first-order valence-electron chi connectivity index (χ1n) is 11.5. The molecule has 2 aliphatic rings. The number of nitrogens with one attached hydrogen (secondary N) is 1. The molecule has 2 heterocycles. The van der Waals surface area contributed by atoms with Crippen molar-refractivity contribution in [1.29, 1.82) is 0 Å². The molecule has 3 rings (SSSR count). The number of hydrogen-bond acceptors (Lipinski definition) is 5. The first-order valence-corrected chi connectivity index (χ1v) is 13.3. The van der Waals surface area contributed by atoms with Crippen LogP contribution in [0.2, 0.25) is 0 Å². The minimum atomic E-state index is -3.19. The van der Waals surface area contributed by atoms with Gasteiger partial charge in [0.25, 0.3) is 5.91 Å². The van der Waals surface area contributed by atoms with E-state index in [1.54, 1.807) is 11.8 Å². The quantitative estimate of drug-likeness (QED) is 0.634. The molecule has 2 saturated heterocycles. The van der Waals surface area contributed by atoms with Gasteiger partial charge < -0.3 is 10.2 Å². The summed E-state index contributed by atoms with van der Waals surface area (Å²) in [5.74, 6) is -0.945. The van der Waals surface area contributed by atoms with Gasteiger partial charge in [-0.05, 0) is 43.2 Å². The number of imide groups is 1. The smallest absolute Gasteiger partial charge is 0.325 e. The molecule has 2 fully saturated rings. The first kappa shape index (κ1) is 25.2. The van der Waals surface area contributed by atoms with E-state index in [0.29, 0.717) is 18.4 Å². The summed E-state index contributed by atoms with van der Waals surface area (Å²) in [6.07, 6.45) is 1.01. The van der Waals surface area contributed by atoms with Crippen LogP contribution >= 0.6 is 0 Å². The summed E-state index contributed by atoms with van der Waals surface area (Å²) in [6, 6.07) is 6.29. The fraction of sp³-hybridized carbons (Fsp3) is 0.625. The number of urea groups is 1. The number of hydrogen-bond donors (Lipinski definition) is 1. The van der Waals surface area contributed by atoms with E-state index in [1.165, 1.54) is 0 Å². The molecule has 4 amide bonds. The number of benzene rings is 1. The number of carbonyl (C=O) groups is 3. The molecule has 33 heavy (non-hydrogen) atoms. The van der Waals surface area contributed by atoms with E-state index in [4.69, 9.17) is 0 Å². The van der Waals surface area contributed by atoms with Crippen LogP contribution in [-0.4, -0.2) is 66.2 Å². The van der Waals surface area contributed by atoms with Crippen molar-refractivity contribution in [2.24, 2.45) is 0 Å². The van der Waals surface area contributed by atoms with E-state index in [1.807, 2.05) is 38.1 Å². The summed E-state index contributed by atoms with van der Waals surface area (Å²) in [4.78, 5) is 41.8. The lowest BCUT2D eigenvalue weighted by Gasteiger charge is -2.34. The summed E-state index contributed by atoms with van der Waals surface area (Å²) in [7, 11) is -3.19. The van der Waals surface area contributed by atoms with Gasteiger partial charge in [-0.1, -0.05) is 52.0 Å². The summed E-state index contributed by atoms with van der Waals surface area (Å²) in [5.41, 5.74) is 0.429. The van der Waals surface area contributed by atoms with Crippen molar-refractivity contribution >= 4 is 27.7 Å². The van der Waals surface area contributed by atoms with Crippen LogP contribution in [0.25, 0.3) is 0 Å². The number of sulfone groups is 1. The predicted octanol–water partition coefficient (Wildman–Crippen LogP) is 2.57. The van der Waals surface area contributed by atoms with Gasteiger partial charge in [-0.3, -0.25) is 14.5 Å². The molecule has 9 heteroatoms. The van der Waals surface area contributed by atoms with Crippen LogP contribution in [0.4, 0.5) is 4.79 Å². The second-order valence-electron chi connectivity index (χ2n) is 10.4. The lowest BCUT2D eigenvalue weighted by Crippen LogP contribution is -2.51. The molecule has 2 aliphatic heterocycles. The zero-order valence-electron chi connectivity index (χ0n) is 20.3. The second kappa shape index (κ2) is 8.74. The molecule has 0 radical (unpaired) electrons. The maximum absolute atomic E-state index is 13.3. The molecule has 1 aromatic carbocycles. The van der Waals surface area contributed by atoms with Gasteiger partial charge in [0.2, 0.25) is 5.91 Å². The number of rotatable bonds is 6. The topological polar surface area (TPSA) is 104 Å². The van der Waals surface area contributed by atoms with Gasteiger partial charge in [-0.25, -0.2) is 13.2 Å². The fourth-order valence-corrected chi connectivity index (χ4v) is 6.27. The maximum atomic E-state index is 13.3. The van der Waals surface area contributed by atoms with Crippen LogP contribution in [0.15, 0.2) is 24.3 Å². The van der Waals surface area contributed by atoms with Crippen LogP contribution in [0, 0.1) is 0 Å². The molecule has 0 spiro atoms. The van der Waals surface area contributed by atoms with Gasteiger partial charge in [0.05, 0.1) is 11.5 Å². The summed E-state index contributed by atoms with van der Waals surface area (Å²) in [6.45, 7) is 11.3. The van der Waals surface area contributed by atoms with E-state index in [-0.39, 0.29) is 23.0 Å². The van der Waals surface area contributed by atoms with E-state index < -0.39 is 45.8 Å². The lowest BCUT2D eigenvalue weighted by molar-refractivity contribution is -0.141. The highest BCUT2D eigenvalue weighted by atomic mass is 32.2. The molecule has 182 valence electrons. The minimum absolute atomic E-state index is 0.0453. The third-order valence-corrected chi connectivity index (χ3v) is 8.60. The largest absolute Gasteiger partial charge is 0.334 e. The Morgan fingerprint density at radius 2 is 1.85 bits per heavy atom. The third kappa shape index (κ3) is 4.93. The van der Waals surface area contributed by atoms with Gasteiger partial charge >= 0.3 is 6.03 Å². The van der Waals surface area contributed by atoms with Crippen molar-refractivity contribution < 1.29 is 22.8 Å². The summed E-state index contributed by atoms with van der Waals surface area (Å²) in [5, 5.41) is 2.75. The van der Waals surface area contributed by atoms with Crippen LogP contribution in [0.3, 0.4) is 0 Å². The number of carbonyl (C=O) groups excluding carboxylic acids is 3. The zero-order valence-corrected chi connectivity index (χ0v) is 21.2. The molecular weight excluding hydrogens is 442 g/mol. The zero-order chi connectivity index (χ0) is 24.8. The Bertz CT molecular complexity index is 1040. The van der Waals surface area contributed by atoms with Gasteiger partial charge in [-0.2, -0.15) is 0 Å². The molecule has 3 unspecified atom stereocenters. The van der Waals surface area contributed by atoms with Crippen molar-refractivity contribution in [3.05, 3.63) is 35.4 Å². The maximum Gasteiger partial charge on any atom is 0.325 e. The average molecular weight is 478 g/mol. The van der Waals surface area contributed by atoms with Crippen LogP contribution in [-0.2, 0) is 30.4 Å². The third-order valence-electron chi connectivity index (χ3n) is 6.85. The molecule has 0 aromatic heterocycles. The summed E-state index contributed by atoms with van der Waals surface area (Å²) >= 11 is 0. The molecule has 1 aromatic rings. The fourth-order valence-electron chi connectivity index (χ4n) is 4.56. The lowest BCUT2D eigenvalue weighted by atomic mass is 9.84. The van der Waals surface area contributed by atoms with Gasteiger partial charge in [0.1, 0.15) is 12.1 Å². The van der Waals surface area contributed by atoms with E-state index >= 15 is 0 Å². The molecule has 8 nitrogen and oxygen atoms in total. The monoisotopic (exact) mass is 477 g/mol. The average Bonchev–Trinajstić information content (AvgIpc) is 3.19. The van der Waals surface area contributed by atoms with Gasteiger partial charge in [0.15, 0.2) is 9.84 Å². The Morgan fingerprint density at radius 1 is 1.24 bits per heavy atom. The minimum Gasteiger partial charge on any atom is -0.334 e. The van der Waals surface area contributed by atoms with Crippen molar-refractivity contribution in [1.82, 2.24) is 15.1 Å². The van der Waals surface area contributed by atoms with Crippen molar-refractivity contribution in [3.63, 3.8) is 0 Å². The first-order chi connectivity index (χ1) is 15.2. The number of nitrogens with zero attached hydrogens (tertiary/aromatic N) is 2. The van der Waals surface area contributed by atoms with Crippen LogP contribution < -0.4 is 5.32 Å². The van der Waals surface area contributed by atoms with Crippen LogP contribution in [0.5, 0.6) is 0 Å². The highest BCUT2D eigenvalue weighted by Crippen LogP contribution is 2.31. The van der Waals surface area contributed by atoms with E-state index in [9.17, 15) is 22.8 Å². The Morgan fingerprint density at radius 3 is 2.33 bits per heavy atom. The standard InChI is InChI=1S/C24H35N3O5S/c1-7-16(2)27(19-12-13-33(31,32)15-19)20(28)14-26-21(29)24(6,25-22(26)30)18-10-8-17(9-11-18)23(3,4)5/h8-11,16,19H,7,12-15H2,1-6H3,(H,25,30). The second-order valence-corrected chi connectivity index (χ2v) is 12.6. The number of amides is 4. The Balaban J connectivity index is 1.81. The SMILES string of the molecule is CCC(C)N(C(=O)CN1C(=O)NC(C)(c2ccc(C(C)(C)C)cc2)C1=O)C1CCS(=O)(=O)C1. The van der Waals surface area contributed by atoms with Gasteiger partial charge in [0, 0.05) is 12.1 Å². The van der Waals surface area contributed by atoms with Crippen molar-refractivity contribution in [2.75, 3.05) is 18.1 Å². The molecular formula is C24H35N3O5S. The molecule has 1 N–H and O–H groups in total. The summed E-state index contributed by atoms with van der Waals surface area (Å²) < 4.78 is 24.0. The van der Waals surface area contributed by atoms with Crippen molar-refractivity contribution in [2.45, 2.75) is 77.4 Å².